The van der Waals surface area contributed by atoms with Crippen LogP contribution in [-0.4, -0.2) is 11.7 Å². The number of aromatic nitrogens is 1. The second-order valence-electron chi connectivity index (χ2n) is 7.91. The van der Waals surface area contributed by atoms with E-state index in [1.807, 2.05) is 50.2 Å². The smallest absolute Gasteiger partial charge is 0.219 e. The van der Waals surface area contributed by atoms with Gasteiger partial charge in [-0.2, -0.15) is 0 Å². The molecule has 3 aromatic rings. The molecule has 0 amide bonds. The number of pyridine rings is 1. The molecule has 0 saturated heterocycles. The lowest BCUT2D eigenvalue weighted by Gasteiger charge is -2.27. The average molecular weight is 406 g/mol. The quantitative estimate of drug-likeness (QED) is 0.342. The first-order valence-corrected chi connectivity index (χ1v) is 11.0. The van der Waals surface area contributed by atoms with Crippen LogP contribution in [0.2, 0.25) is 0 Å². The Morgan fingerprint density at radius 1 is 0.867 bits per heavy atom. The summed E-state index contributed by atoms with van der Waals surface area (Å²) in [4.78, 5) is 4.63. The van der Waals surface area contributed by atoms with Crippen molar-refractivity contribution in [1.82, 2.24) is 4.98 Å². The average Bonchev–Trinajstić information content (AvgIpc) is 2.80. The van der Waals surface area contributed by atoms with Gasteiger partial charge in [0.25, 0.3) is 0 Å². The minimum atomic E-state index is -0.541. The molecule has 0 N–H and O–H groups in total. The van der Waals surface area contributed by atoms with E-state index in [-0.39, 0.29) is 0 Å². The summed E-state index contributed by atoms with van der Waals surface area (Å²) in [5, 5.41) is 0. The highest BCUT2D eigenvalue weighted by atomic mass is 19.1. The number of hydrogen-bond donors (Lipinski definition) is 0. The van der Waals surface area contributed by atoms with Crippen LogP contribution < -0.4 is 4.74 Å². The summed E-state index contributed by atoms with van der Waals surface area (Å²) in [6.07, 6.45) is 4.96. The van der Waals surface area contributed by atoms with Crippen LogP contribution in [0.3, 0.4) is 0 Å². The van der Waals surface area contributed by atoms with Gasteiger partial charge in [0, 0.05) is 11.5 Å². The van der Waals surface area contributed by atoms with Crippen molar-refractivity contribution < 1.29 is 9.13 Å². The second kappa shape index (κ2) is 10.4. The van der Waals surface area contributed by atoms with E-state index in [0.717, 1.165) is 29.0 Å². The maximum Gasteiger partial charge on any atom is 0.219 e. The summed E-state index contributed by atoms with van der Waals surface area (Å²) in [7, 11) is 0. The number of alkyl halides is 1. The normalized spacial score (nSPS) is 11.5. The molecule has 0 saturated carbocycles. The van der Waals surface area contributed by atoms with Crippen LogP contribution in [0.25, 0.3) is 11.1 Å². The molecule has 3 heteroatoms. The molecule has 158 valence electrons. The molecule has 0 aliphatic rings. The van der Waals surface area contributed by atoms with E-state index in [2.05, 4.69) is 42.2 Å². The van der Waals surface area contributed by atoms with Gasteiger partial charge >= 0.3 is 0 Å². The van der Waals surface area contributed by atoms with E-state index in [4.69, 9.17) is 4.74 Å². The zero-order valence-corrected chi connectivity index (χ0v) is 18.3. The first-order valence-electron chi connectivity index (χ1n) is 11.0. The highest BCUT2D eigenvalue weighted by Crippen LogP contribution is 2.33. The zero-order chi connectivity index (χ0) is 21.4. The minimum absolute atomic E-state index is 0.416. The van der Waals surface area contributed by atoms with E-state index >= 15 is 0 Å². The van der Waals surface area contributed by atoms with Crippen LogP contribution in [0, 0.1) is 0 Å². The van der Waals surface area contributed by atoms with Crippen molar-refractivity contribution in [3.05, 3.63) is 78.0 Å². The summed E-state index contributed by atoms with van der Waals surface area (Å²) < 4.78 is 19.9. The predicted molar refractivity (Wildman–Crippen MR) is 123 cm³/mol. The molecule has 0 aliphatic carbocycles. The standard InChI is InChI=1S/C27H32FNO/c1-4-7-10-21-15-17-22(18-16-21)23-11-8-12-24(19-23)30-26-14-9-13-25(29-26)27(5-2,6-3)20-28/h8-9,11-19H,4-7,10,20H2,1-3H3. The molecular weight excluding hydrogens is 373 g/mol. The third kappa shape index (κ3) is 5.08. The van der Waals surface area contributed by atoms with E-state index in [0.29, 0.717) is 18.7 Å². The van der Waals surface area contributed by atoms with Crippen molar-refractivity contribution in [2.45, 2.75) is 58.3 Å². The van der Waals surface area contributed by atoms with Gasteiger partial charge in [0.15, 0.2) is 0 Å². The highest BCUT2D eigenvalue weighted by molar-refractivity contribution is 5.65. The number of benzene rings is 2. The Kier molecular flexibility index (Phi) is 7.62. The van der Waals surface area contributed by atoms with Gasteiger partial charge in [-0.3, -0.25) is 4.39 Å². The van der Waals surface area contributed by atoms with Crippen LogP contribution in [-0.2, 0) is 11.8 Å². The minimum Gasteiger partial charge on any atom is -0.439 e. The Bertz CT molecular complexity index is 923. The molecule has 2 nitrogen and oxygen atoms in total. The van der Waals surface area contributed by atoms with Gasteiger partial charge in [0.2, 0.25) is 5.88 Å². The predicted octanol–water partition coefficient (Wildman–Crippen LogP) is 7.91. The van der Waals surface area contributed by atoms with Gasteiger partial charge in [-0.05, 0) is 60.6 Å². The fraction of sp³-hybridized carbons (Fsp3) is 0.370. The first-order chi connectivity index (χ1) is 14.6. The summed E-state index contributed by atoms with van der Waals surface area (Å²) >= 11 is 0. The molecule has 0 bridgehead atoms. The maximum absolute atomic E-state index is 13.8. The molecule has 1 aromatic heterocycles. The van der Waals surface area contributed by atoms with Gasteiger partial charge in [-0.25, -0.2) is 4.98 Å². The topological polar surface area (TPSA) is 22.1 Å². The Hall–Kier alpha value is -2.68. The molecule has 1 heterocycles. The van der Waals surface area contributed by atoms with Gasteiger partial charge in [-0.15, -0.1) is 0 Å². The summed E-state index contributed by atoms with van der Waals surface area (Å²) in [5.74, 6) is 1.23. The summed E-state index contributed by atoms with van der Waals surface area (Å²) in [6.45, 7) is 5.82. The number of aryl methyl sites for hydroxylation is 1. The lowest BCUT2D eigenvalue weighted by atomic mass is 9.80. The van der Waals surface area contributed by atoms with Crippen LogP contribution in [0.4, 0.5) is 4.39 Å². The fourth-order valence-corrected chi connectivity index (χ4v) is 3.74. The van der Waals surface area contributed by atoms with Gasteiger partial charge in [0.05, 0.1) is 5.69 Å². The zero-order valence-electron chi connectivity index (χ0n) is 18.3. The van der Waals surface area contributed by atoms with Crippen molar-refractivity contribution in [3.63, 3.8) is 0 Å². The third-order valence-corrected chi connectivity index (χ3v) is 6.04. The van der Waals surface area contributed by atoms with Crippen molar-refractivity contribution in [1.29, 1.82) is 0 Å². The largest absolute Gasteiger partial charge is 0.439 e. The van der Waals surface area contributed by atoms with Crippen LogP contribution in [0.15, 0.2) is 66.7 Å². The molecule has 0 spiro atoms. The number of nitrogens with zero attached hydrogens (tertiary/aromatic N) is 1. The summed E-state index contributed by atoms with van der Waals surface area (Å²) in [6, 6.07) is 22.4. The summed E-state index contributed by atoms with van der Waals surface area (Å²) in [5.41, 5.74) is 3.85. The molecule has 2 aromatic carbocycles. The van der Waals surface area contributed by atoms with Crippen molar-refractivity contribution >= 4 is 0 Å². The van der Waals surface area contributed by atoms with Crippen LogP contribution in [0.1, 0.15) is 57.7 Å². The van der Waals surface area contributed by atoms with Crippen molar-refractivity contribution in [2.75, 3.05) is 6.67 Å². The third-order valence-electron chi connectivity index (χ3n) is 6.04. The molecule has 0 radical (unpaired) electrons. The van der Waals surface area contributed by atoms with Gasteiger partial charge in [-0.1, -0.05) is 69.7 Å². The Morgan fingerprint density at radius 3 is 2.27 bits per heavy atom. The van der Waals surface area contributed by atoms with E-state index in [1.165, 1.54) is 18.4 Å². The lowest BCUT2D eigenvalue weighted by Crippen LogP contribution is -2.28. The molecule has 0 unspecified atom stereocenters. The van der Waals surface area contributed by atoms with E-state index < -0.39 is 12.1 Å². The molecule has 30 heavy (non-hydrogen) atoms. The van der Waals surface area contributed by atoms with E-state index in [1.54, 1.807) is 0 Å². The Labute approximate surface area is 180 Å². The van der Waals surface area contributed by atoms with Crippen LogP contribution in [0.5, 0.6) is 11.6 Å². The molecule has 0 atom stereocenters. The van der Waals surface area contributed by atoms with Crippen molar-refractivity contribution in [3.8, 4) is 22.8 Å². The monoisotopic (exact) mass is 405 g/mol. The lowest BCUT2D eigenvalue weighted by molar-refractivity contribution is 0.277. The van der Waals surface area contributed by atoms with Crippen LogP contribution >= 0.6 is 0 Å². The van der Waals surface area contributed by atoms with Crippen molar-refractivity contribution in [2.24, 2.45) is 0 Å². The number of ether oxygens (including phenoxy) is 1. The van der Waals surface area contributed by atoms with Gasteiger partial charge < -0.3 is 4.74 Å². The number of hydrogen-bond acceptors (Lipinski definition) is 2. The SMILES string of the molecule is CCCCc1ccc(-c2cccc(Oc3cccc(C(CC)(CC)CF)n3)c2)cc1. The highest BCUT2D eigenvalue weighted by Gasteiger charge is 2.30. The molecule has 0 aliphatic heterocycles. The Balaban J connectivity index is 1.80. The molecule has 3 rings (SSSR count). The van der Waals surface area contributed by atoms with E-state index in [9.17, 15) is 4.39 Å². The fourth-order valence-electron chi connectivity index (χ4n) is 3.74. The first kappa shape index (κ1) is 22.0. The molecular formula is C27H32FNO. The maximum atomic E-state index is 13.8. The molecule has 0 fully saturated rings. The van der Waals surface area contributed by atoms with Gasteiger partial charge in [0.1, 0.15) is 12.4 Å². The number of unbranched alkanes of at least 4 members (excludes halogenated alkanes) is 1. The number of halogens is 1. The second-order valence-corrected chi connectivity index (χ2v) is 7.91. The Morgan fingerprint density at radius 2 is 1.60 bits per heavy atom. The number of rotatable bonds is 10.